The Kier molecular flexibility index (Phi) is 7.09. The molecule has 2 aromatic heterocycles. The van der Waals surface area contributed by atoms with Crippen LogP contribution in [0.3, 0.4) is 0 Å². The van der Waals surface area contributed by atoms with Gasteiger partial charge in [0.25, 0.3) is 0 Å². The van der Waals surface area contributed by atoms with Crippen LogP contribution in [0.15, 0.2) is 73.6 Å². The number of aromatic nitrogens is 3. The Morgan fingerprint density at radius 3 is 2.26 bits per heavy atom. The van der Waals surface area contributed by atoms with Gasteiger partial charge in [0.15, 0.2) is 17.5 Å². The summed E-state index contributed by atoms with van der Waals surface area (Å²) in [7, 11) is 0. The number of hydrogen-bond acceptors (Lipinski definition) is 5. The lowest BCUT2D eigenvalue weighted by atomic mass is 10.0. The average Bonchev–Trinajstić information content (AvgIpc) is 3.34. The van der Waals surface area contributed by atoms with Crippen LogP contribution in [0.5, 0.6) is 5.75 Å². The third-order valence-corrected chi connectivity index (χ3v) is 6.80. The number of alkyl halides is 2. The van der Waals surface area contributed by atoms with Gasteiger partial charge in [0.05, 0.1) is 10.2 Å². The van der Waals surface area contributed by atoms with E-state index in [1.54, 1.807) is 30.3 Å². The van der Waals surface area contributed by atoms with Gasteiger partial charge in [0.2, 0.25) is 5.82 Å². The van der Waals surface area contributed by atoms with Gasteiger partial charge in [-0.25, -0.2) is 32.5 Å². The van der Waals surface area contributed by atoms with Crippen LogP contribution < -0.4 is 4.74 Å². The van der Waals surface area contributed by atoms with Gasteiger partial charge < -0.3 is 4.74 Å². The number of nitrogens with zero attached hydrogens (tertiary/aromatic N) is 3. The highest BCUT2D eigenvalue weighted by Gasteiger charge is 2.39. The standard InChI is InChI=1S/C28H17F6N3OS/c1-2-3-4-15-5-7-19(20(29)9-15)16-6-8-23-24(10-16)39-26(37-23)17-13-35-27(36-14-17)28(33,34)38-18-11-21(30)25(32)22(31)12-18/h2,5-14H,1,3-4H2. The van der Waals surface area contributed by atoms with E-state index < -0.39 is 35.1 Å². The molecule has 11 heteroatoms. The fourth-order valence-electron chi connectivity index (χ4n) is 3.81. The molecular formula is C28H17F6N3OS. The van der Waals surface area contributed by atoms with Crippen molar-refractivity contribution in [1.82, 2.24) is 15.0 Å². The van der Waals surface area contributed by atoms with Gasteiger partial charge >= 0.3 is 6.11 Å². The van der Waals surface area contributed by atoms with Crippen molar-refractivity contribution in [3.8, 4) is 27.4 Å². The Hall–Kier alpha value is -4.25. The molecule has 0 aliphatic carbocycles. The van der Waals surface area contributed by atoms with Crippen LogP contribution in [-0.2, 0) is 12.5 Å². The Bertz CT molecular complexity index is 1660. The fourth-order valence-corrected chi connectivity index (χ4v) is 4.79. The van der Waals surface area contributed by atoms with Gasteiger partial charge in [0.1, 0.15) is 16.6 Å². The first-order chi connectivity index (χ1) is 18.6. The number of thiazole rings is 1. The lowest BCUT2D eigenvalue weighted by Crippen LogP contribution is -2.25. The first-order valence-electron chi connectivity index (χ1n) is 11.5. The van der Waals surface area contributed by atoms with Crippen molar-refractivity contribution in [2.24, 2.45) is 0 Å². The molecule has 0 saturated heterocycles. The summed E-state index contributed by atoms with van der Waals surface area (Å²) in [4.78, 5) is 11.7. The van der Waals surface area contributed by atoms with Crippen LogP contribution in [0, 0.1) is 23.3 Å². The zero-order valence-corrected chi connectivity index (χ0v) is 20.7. The maximum Gasteiger partial charge on any atom is 0.462 e. The molecule has 0 fully saturated rings. The van der Waals surface area contributed by atoms with E-state index >= 15 is 0 Å². The molecule has 0 aliphatic rings. The first-order valence-corrected chi connectivity index (χ1v) is 12.3. The highest BCUT2D eigenvalue weighted by molar-refractivity contribution is 7.21. The zero-order chi connectivity index (χ0) is 27.7. The van der Waals surface area contributed by atoms with E-state index in [1.165, 1.54) is 17.4 Å². The maximum atomic E-state index is 14.8. The molecule has 198 valence electrons. The normalized spacial score (nSPS) is 11.6. The fraction of sp³-hybridized carbons (Fsp3) is 0.107. The van der Waals surface area contributed by atoms with Gasteiger partial charge in [-0.05, 0) is 42.2 Å². The molecule has 0 bridgehead atoms. The number of benzene rings is 3. The van der Waals surface area contributed by atoms with Gasteiger partial charge in [-0.3, -0.25) is 0 Å². The lowest BCUT2D eigenvalue weighted by Gasteiger charge is -2.16. The number of fused-ring (bicyclic) bond motifs is 1. The molecule has 0 saturated carbocycles. The minimum atomic E-state index is -4.16. The summed E-state index contributed by atoms with van der Waals surface area (Å²) in [5, 5.41) is 0.431. The van der Waals surface area contributed by atoms with Crippen molar-refractivity contribution in [2.75, 3.05) is 0 Å². The van der Waals surface area contributed by atoms with Crippen molar-refractivity contribution < 1.29 is 31.1 Å². The van der Waals surface area contributed by atoms with Crippen LogP contribution in [0.4, 0.5) is 26.3 Å². The van der Waals surface area contributed by atoms with E-state index in [4.69, 9.17) is 0 Å². The van der Waals surface area contributed by atoms with Gasteiger partial charge in [-0.2, -0.15) is 8.78 Å². The SMILES string of the molecule is C=CCCc1ccc(-c2ccc3nc(-c4cnc(C(F)(F)Oc5cc(F)c(F)c(F)c5)nc4)sc3c2)c(F)c1. The number of aryl methyl sites for hydroxylation is 1. The number of allylic oxidation sites excluding steroid dienone is 1. The third kappa shape index (κ3) is 5.49. The highest BCUT2D eigenvalue weighted by Crippen LogP contribution is 2.35. The summed E-state index contributed by atoms with van der Waals surface area (Å²) < 4.78 is 88.6. The predicted octanol–water partition coefficient (Wildman–Crippen LogP) is 8.22. The molecule has 39 heavy (non-hydrogen) atoms. The van der Waals surface area contributed by atoms with Crippen molar-refractivity contribution in [2.45, 2.75) is 19.0 Å². The van der Waals surface area contributed by atoms with E-state index in [2.05, 4.69) is 26.3 Å². The molecule has 0 aliphatic heterocycles. The summed E-state index contributed by atoms with van der Waals surface area (Å²) in [5.41, 5.74) is 2.90. The van der Waals surface area contributed by atoms with Crippen LogP contribution in [-0.4, -0.2) is 15.0 Å². The molecular weight excluding hydrogens is 540 g/mol. The number of halogens is 6. The molecule has 0 atom stereocenters. The molecule has 5 aromatic rings. The van der Waals surface area contributed by atoms with E-state index in [9.17, 15) is 26.3 Å². The van der Waals surface area contributed by atoms with Crippen molar-refractivity contribution in [3.05, 3.63) is 108 Å². The Morgan fingerprint density at radius 2 is 1.59 bits per heavy atom. The second-order valence-electron chi connectivity index (χ2n) is 8.46. The van der Waals surface area contributed by atoms with Crippen LogP contribution in [0.2, 0.25) is 0 Å². The topological polar surface area (TPSA) is 47.9 Å². The Balaban J connectivity index is 1.37. The van der Waals surface area contributed by atoms with E-state index in [-0.39, 0.29) is 5.82 Å². The summed E-state index contributed by atoms with van der Waals surface area (Å²) >= 11 is 1.24. The number of ether oxygens (including phenoxy) is 1. The van der Waals surface area contributed by atoms with Crippen molar-refractivity contribution in [3.63, 3.8) is 0 Å². The Morgan fingerprint density at radius 1 is 0.872 bits per heavy atom. The molecule has 0 radical (unpaired) electrons. The van der Waals surface area contributed by atoms with Crippen LogP contribution >= 0.6 is 11.3 Å². The molecule has 0 amide bonds. The molecule has 3 aromatic carbocycles. The molecule has 0 unspecified atom stereocenters. The third-order valence-electron chi connectivity index (χ3n) is 5.73. The second-order valence-corrected chi connectivity index (χ2v) is 9.49. The van der Waals surface area contributed by atoms with Gasteiger partial charge in [0, 0.05) is 35.7 Å². The minimum absolute atomic E-state index is 0.291. The highest BCUT2D eigenvalue weighted by atomic mass is 32.1. The maximum absolute atomic E-state index is 14.8. The largest absolute Gasteiger partial charge is 0.462 e. The molecule has 0 N–H and O–H groups in total. The van der Waals surface area contributed by atoms with Gasteiger partial charge in [-0.1, -0.05) is 24.3 Å². The van der Waals surface area contributed by atoms with E-state index in [0.29, 0.717) is 45.8 Å². The monoisotopic (exact) mass is 557 g/mol. The lowest BCUT2D eigenvalue weighted by molar-refractivity contribution is -0.192. The number of hydrogen-bond donors (Lipinski definition) is 0. The summed E-state index contributed by atoms with van der Waals surface area (Å²) in [6.45, 7) is 3.68. The van der Waals surface area contributed by atoms with Gasteiger partial charge in [-0.15, -0.1) is 17.9 Å². The van der Waals surface area contributed by atoms with E-state index in [0.717, 1.165) is 29.1 Å². The second kappa shape index (κ2) is 10.5. The van der Waals surface area contributed by atoms with Crippen molar-refractivity contribution in [1.29, 1.82) is 0 Å². The van der Waals surface area contributed by atoms with E-state index in [1.807, 2.05) is 6.07 Å². The minimum Gasteiger partial charge on any atom is -0.426 e. The number of rotatable bonds is 8. The van der Waals surface area contributed by atoms with Crippen LogP contribution in [0.1, 0.15) is 17.8 Å². The quantitative estimate of drug-likeness (QED) is 0.110. The summed E-state index contributed by atoms with van der Waals surface area (Å²) in [5.74, 6) is -7.53. The van der Waals surface area contributed by atoms with Crippen LogP contribution in [0.25, 0.3) is 31.9 Å². The molecule has 2 heterocycles. The van der Waals surface area contributed by atoms with Crippen molar-refractivity contribution >= 4 is 21.6 Å². The smallest absolute Gasteiger partial charge is 0.426 e. The average molecular weight is 558 g/mol. The predicted molar refractivity (Wildman–Crippen MR) is 135 cm³/mol. The summed E-state index contributed by atoms with van der Waals surface area (Å²) in [6.07, 6.45) is 1.26. The zero-order valence-electron chi connectivity index (χ0n) is 19.9. The first kappa shape index (κ1) is 26.4. The Labute approximate surface area is 222 Å². The summed E-state index contributed by atoms with van der Waals surface area (Å²) in [6, 6.07) is 10.9. The molecule has 4 nitrogen and oxygen atoms in total. The molecule has 0 spiro atoms. The molecule has 5 rings (SSSR count).